The molecule has 1 saturated heterocycles. The fraction of sp³-hybridized carbons (Fsp3) is 1.00. The number of piperidine rings is 1. The fourth-order valence-electron chi connectivity index (χ4n) is 2.24. The number of nitrogens with two attached hydrogens (primary N) is 1. The molecule has 2 fully saturated rings. The van der Waals surface area contributed by atoms with Crippen LogP contribution in [0.2, 0.25) is 0 Å². The van der Waals surface area contributed by atoms with Crippen LogP contribution in [0.1, 0.15) is 12.8 Å². The Morgan fingerprint density at radius 3 is 2.67 bits per heavy atom. The average Bonchev–Trinajstić information content (AvgIpc) is 2.45. The summed E-state index contributed by atoms with van der Waals surface area (Å²) in [4.78, 5) is 0. The van der Waals surface area contributed by atoms with Crippen molar-refractivity contribution in [1.29, 1.82) is 0 Å². The van der Waals surface area contributed by atoms with E-state index in [2.05, 4.69) is 5.32 Å². The van der Waals surface area contributed by atoms with E-state index in [0.29, 0.717) is 0 Å². The van der Waals surface area contributed by atoms with Crippen molar-refractivity contribution in [3.05, 3.63) is 0 Å². The van der Waals surface area contributed by atoms with Gasteiger partial charge in [0.1, 0.15) is 0 Å². The third-order valence-electron chi connectivity index (χ3n) is 2.81. The smallest absolute Gasteiger partial charge is 0.00736 e. The number of rotatable bonds is 1. The Labute approximate surface area is 55.8 Å². The number of hydrogen-bond donors (Lipinski definition) is 2. The van der Waals surface area contributed by atoms with Crippen LogP contribution in [0.5, 0.6) is 0 Å². The van der Waals surface area contributed by atoms with Crippen molar-refractivity contribution >= 4 is 0 Å². The molecular weight excluding hydrogens is 112 g/mol. The summed E-state index contributed by atoms with van der Waals surface area (Å²) in [6.45, 7) is 2.13. The predicted molar refractivity (Wildman–Crippen MR) is 37.1 cm³/mol. The van der Waals surface area contributed by atoms with Gasteiger partial charge in [-0.1, -0.05) is 0 Å². The monoisotopic (exact) mass is 126 g/mol. The predicted octanol–water partition coefficient (Wildman–Crippen LogP) is -0.0569. The zero-order valence-electron chi connectivity index (χ0n) is 5.64. The molecule has 2 heteroatoms. The molecule has 3 atom stereocenters. The van der Waals surface area contributed by atoms with Gasteiger partial charge in [0.15, 0.2) is 0 Å². The molecule has 52 valence electrons. The molecule has 9 heavy (non-hydrogen) atoms. The molecule has 1 saturated carbocycles. The fourth-order valence-corrected chi connectivity index (χ4v) is 2.24. The normalized spacial score (nSPS) is 48.3. The molecule has 0 radical (unpaired) electrons. The van der Waals surface area contributed by atoms with Crippen LogP contribution in [0.4, 0.5) is 0 Å². The summed E-state index contributed by atoms with van der Waals surface area (Å²) in [7, 11) is 0. The van der Waals surface area contributed by atoms with Gasteiger partial charge in [-0.15, -0.1) is 0 Å². The molecule has 2 rings (SSSR count). The maximum atomic E-state index is 5.59. The molecule has 1 heterocycles. The van der Waals surface area contributed by atoms with Gasteiger partial charge >= 0.3 is 0 Å². The van der Waals surface area contributed by atoms with E-state index < -0.39 is 0 Å². The van der Waals surface area contributed by atoms with Crippen LogP contribution >= 0.6 is 0 Å². The second-order valence-corrected chi connectivity index (χ2v) is 3.33. The molecule has 3 N–H and O–H groups in total. The second-order valence-electron chi connectivity index (χ2n) is 3.33. The van der Waals surface area contributed by atoms with E-state index >= 15 is 0 Å². The Hall–Kier alpha value is -0.0800. The van der Waals surface area contributed by atoms with Gasteiger partial charge in [-0.3, -0.25) is 0 Å². The SMILES string of the molecule is NC[C@@H]1C[C@@H]2C[C@H]1CN2. The summed E-state index contributed by atoms with van der Waals surface area (Å²) in [6.07, 6.45) is 2.73. The van der Waals surface area contributed by atoms with Gasteiger partial charge in [0.25, 0.3) is 0 Å². The van der Waals surface area contributed by atoms with Gasteiger partial charge in [-0.25, -0.2) is 0 Å². The lowest BCUT2D eigenvalue weighted by Gasteiger charge is -2.19. The molecule has 0 aromatic carbocycles. The molecule has 0 spiro atoms. The van der Waals surface area contributed by atoms with Crippen LogP contribution in [0.15, 0.2) is 0 Å². The Morgan fingerprint density at radius 2 is 2.33 bits per heavy atom. The highest BCUT2D eigenvalue weighted by atomic mass is 15.0. The number of fused-ring (bicyclic) bond motifs is 2. The molecule has 2 nitrogen and oxygen atoms in total. The quantitative estimate of drug-likeness (QED) is 0.516. The Morgan fingerprint density at radius 1 is 1.44 bits per heavy atom. The van der Waals surface area contributed by atoms with E-state index in [9.17, 15) is 0 Å². The van der Waals surface area contributed by atoms with Crippen molar-refractivity contribution in [2.24, 2.45) is 17.6 Å². The summed E-state index contributed by atoms with van der Waals surface area (Å²) in [6, 6.07) is 0.823. The van der Waals surface area contributed by atoms with Crippen LogP contribution in [0.25, 0.3) is 0 Å². The van der Waals surface area contributed by atoms with Gasteiger partial charge in [-0.2, -0.15) is 0 Å². The van der Waals surface area contributed by atoms with Crippen LogP contribution in [-0.4, -0.2) is 19.1 Å². The minimum absolute atomic E-state index is 0.823. The Balaban J connectivity index is 2.01. The van der Waals surface area contributed by atoms with Crippen molar-refractivity contribution in [2.45, 2.75) is 18.9 Å². The van der Waals surface area contributed by atoms with Crippen molar-refractivity contribution < 1.29 is 0 Å². The summed E-state index contributed by atoms with van der Waals surface area (Å²) < 4.78 is 0. The van der Waals surface area contributed by atoms with Crippen molar-refractivity contribution in [2.75, 3.05) is 13.1 Å². The van der Waals surface area contributed by atoms with E-state index in [1.807, 2.05) is 0 Å². The van der Waals surface area contributed by atoms with Crippen LogP contribution in [0, 0.1) is 11.8 Å². The highest BCUT2D eigenvalue weighted by Gasteiger charge is 2.38. The highest BCUT2D eigenvalue weighted by Crippen LogP contribution is 2.35. The van der Waals surface area contributed by atoms with E-state index in [1.165, 1.54) is 19.4 Å². The lowest BCUT2D eigenvalue weighted by molar-refractivity contribution is 0.359. The topological polar surface area (TPSA) is 38.0 Å². The largest absolute Gasteiger partial charge is 0.330 e. The summed E-state index contributed by atoms with van der Waals surface area (Å²) in [5.41, 5.74) is 5.59. The second kappa shape index (κ2) is 1.96. The maximum absolute atomic E-state index is 5.59. The van der Waals surface area contributed by atoms with Crippen molar-refractivity contribution in [3.63, 3.8) is 0 Å². The summed E-state index contributed by atoms with van der Waals surface area (Å²) >= 11 is 0. The van der Waals surface area contributed by atoms with Gasteiger partial charge in [0.05, 0.1) is 0 Å². The van der Waals surface area contributed by atoms with E-state index in [0.717, 1.165) is 24.4 Å². The summed E-state index contributed by atoms with van der Waals surface area (Å²) in [5.74, 6) is 1.76. The van der Waals surface area contributed by atoms with Crippen LogP contribution in [-0.2, 0) is 0 Å². The van der Waals surface area contributed by atoms with Gasteiger partial charge in [0.2, 0.25) is 0 Å². The first-order valence-corrected chi connectivity index (χ1v) is 3.83. The average molecular weight is 126 g/mol. The highest BCUT2D eigenvalue weighted by molar-refractivity contribution is 4.94. The minimum atomic E-state index is 0.823. The van der Waals surface area contributed by atoms with Gasteiger partial charge < -0.3 is 11.1 Å². The lowest BCUT2D eigenvalue weighted by atomic mass is 9.96. The van der Waals surface area contributed by atoms with Gasteiger partial charge in [0, 0.05) is 6.04 Å². The molecule has 0 amide bonds. The van der Waals surface area contributed by atoms with Crippen molar-refractivity contribution in [3.8, 4) is 0 Å². The first-order valence-electron chi connectivity index (χ1n) is 3.83. The summed E-state index contributed by atoms with van der Waals surface area (Å²) in [5, 5.41) is 3.46. The van der Waals surface area contributed by atoms with Crippen LogP contribution < -0.4 is 11.1 Å². The first-order chi connectivity index (χ1) is 4.40. The van der Waals surface area contributed by atoms with Crippen molar-refractivity contribution in [1.82, 2.24) is 5.32 Å². The number of hydrogen-bond acceptors (Lipinski definition) is 2. The molecule has 1 aliphatic heterocycles. The van der Waals surface area contributed by atoms with E-state index in [-0.39, 0.29) is 0 Å². The Kier molecular flexibility index (Phi) is 1.24. The molecule has 0 unspecified atom stereocenters. The zero-order chi connectivity index (χ0) is 6.27. The molecule has 1 aliphatic carbocycles. The van der Waals surface area contributed by atoms with Gasteiger partial charge in [-0.05, 0) is 37.8 Å². The first kappa shape index (κ1) is 5.69. The van der Waals surface area contributed by atoms with Crippen LogP contribution in [0.3, 0.4) is 0 Å². The maximum Gasteiger partial charge on any atom is 0.00736 e. The third kappa shape index (κ3) is 0.775. The zero-order valence-corrected chi connectivity index (χ0v) is 5.64. The molecule has 0 aromatic heterocycles. The Bertz CT molecular complexity index is 113. The molecule has 2 bridgehead atoms. The van der Waals surface area contributed by atoms with E-state index in [1.54, 1.807) is 0 Å². The van der Waals surface area contributed by atoms with E-state index in [4.69, 9.17) is 5.73 Å². The number of nitrogens with one attached hydrogen (secondary N) is 1. The molecule has 0 aromatic rings. The minimum Gasteiger partial charge on any atom is -0.330 e. The third-order valence-corrected chi connectivity index (χ3v) is 2.81. The molecular formula is C7H14N2. The standard InChI is InChI=1S/C7H14N2/c8-3-5-1-7-2-6(5)4-9-7/h5-7,9H,1-4,8H2/t5-,6-,7+/m0/s1. The molecule has 2 aliphatic rings. The lowest BCUT2D eigenvalue weighted by Crippen LogP contribution is -2.32.